The Kier molecular flexibility index (Phi) is 3.36. The third-order valence-electron chi connectivity index (χ3n) is 2.18. The second-order valence-corrected chi connectivity index (χ2v) is 3.75. The van der Waals surface area contributed by atoms with Gasteiger partial charge in [0.25, 0.3) is 0 Å². The van der Waals surface area contributed by atoms with E-state index in [1.54, 1.807) is 12.4 Å². The first-order valence-corrected chi connectivity index (χ1v) is 5.31. The van der Waals surface area contributed by atoms with Crippen molar-refractivity contribution in [2.45, 2.75) is 6.42 Å². The summed E-state index contributed by atoms with van der Waals surface area (Å²) in [7, 11) is 1.97. The van der Waals surface area contributed by atoms with Crippen molar-refractivity contribution in [3.63, 3.8) is 0 Å². The summed E-state index contributed by atoms with van der Waals surface area (Å²) in [6.45, 7) is 0.750. The topological polar surface area (TPSA) is 55.6 Å². The molecule has 16 heavy (non-hydrogen) atoms. The molecular formula is C10H12ClN5. The fourth-order valence-electron chi connectivity index (χ4n) is 1.37. The normalized spacial score (nSPS) is 10.4. The molecule has 2 aromatic rings. The Balaban J connectivity index is 1.87. The first-order chi connectivity index (χ1) is 7.75. The van der Waals surface area contributed by atoms with E-state index in [2.05, 4.69) is 20.3 Å². The lowest BCUT2D eigenvalue weighted by Gasteiger charge is -2.05. The van der Waals surface area contributed by atoms with Gasteiger partial charge in [0.05, 0.1) is 12.4 Å². The molecule has 0 aliphatic heterocycles. The van der Waals surface area contributed by atoms with Crippen molar-refractivity contribution in [3.05, 3.63) is 35.8 Å². The molecule has 6 heteroatoms. The maximum absolute atomic E-state index is 5.72. The molecular weight excluding hydrogens is 226 g/mol. The van der Waals surface area contributed by atoms with Crippen LogP contribution in [0.2, 0.25) is 5.15 Å². The third kappa shape index (κ3) is 2.70. The first kappa shape index (κ1) is 10.9. The zero-order chi connectivity index (χ0) is 11.4. The highest BCUT2D eigenvalue weighted by Gasteiger charge is 1.99. The Morgan fingerprint density at radius 1 is 1.44 bits per heavy atom. The molecule has 2 rings (SSSR count). The standard InChI is InChI=1S/C10H12ClN5/c1-16-5-4-14-10(16)2-3-13-9-7-12-6-8(11)15-9/h4-7H,2-3H2,1H3,(H,13,15). The molecule has 2 aromatic heterocycles. The number of hydrogen-bond acceptors (Lipinski definition) is 4. The summed E-state index contributed by atoms with van der Waals surface area (Å²) >= 11 is 5.72. The molecule has 0 atom stereocenters. The largest absolute Gasteiger partial charge is 0.368 e. The van der Waals surface area contributed by atoms with Crippen LogP contribution in [0.4, 0.5) is 5.82 Å². The second-order valence-electron chi connectivity index (χ2n) is 3.36. The molecule has 0 saturated carbocycles. The van der Waals surface area contributed by atoms with Crippen molar-refractivity contribution >= 4 is 17.4 Å². The average molecular weight is 238 g/mol. The first-order valence-electron chi connectivity index (χ1n) is 4.93. The number of imidazole rings is 1. The van der Waals surface area contributed by atoms with Crippen molar-refractivity contribution in [3.8, 4) is 0 Å². The minimum Gasteiger partial charge on any atom is -0.368 e. The summed E-state index contributed by atoms with van der Waals surface area (Å²) in [5.74, 6) is 1.71. The lowest BCUT2D eigenvalue weighted by atomic mass is 10.4. The molecule has 0 aromatic carbocycles. The van der Waals surface area contributed by atoms with Gasteiger partial charge in [-0.05, 0) is 0 Å². The number of anilines is 1. The van der Waals surface area contributed by atoms with Crippen LogP contribution < -0.4 is 5.32 Å². The molecule has 84 valence electrons. The second kappa shape index (κ2) is 4.94. The molecule has 5 nitrogen and oxygen atoms in total. The molecule has 0 saturated heterocycles. The van der Waals surface area contributed by atoms with Crippen LogP contribution in [0, 0.1) is 0 Å². The highest BCUT2D eigenvalue weighted by Crippen LogP contribution is 2.06. The van der Waals surface area contributed by atoms with Crippen molar-refractivity contribution in [1.82, 2.24) is 19.5 Å². The van der Waals surface area contributed by atoms with Gasteiger partial charge in [0.2, 0.25) is 0 Å². The van der Waals surface area contributed by atoms with Crippen molar-refractivity contribution in [2.24, 2.45) is 7.05 Å². The number of rotatable bonds is 4. The van der Waals surface area contributed by atoms with Crippen LogP contribution in [0.15, 0.2) is 24.8 Å². The predicted molar refractivity (Wildman–Crippen MR) is 62.4 cm³/mol. The van der Waals surface area contributed by atoms with Gasteiger partial charge in [-0.3, -0.25) is 4.98 Å². The van der Waals surface area contributed by atoms with E-state index in [0.717, 1.165) is 18.8 Å². The van der Waals surface area contributed by atoms with Crippen molar-refractivity contribution < 1.29 is 0 Å². The van der Waals surface area contributed by atoms with E-state index in [-0.39, 0.29) is 0 Å². The summed E-state index contributed by atoms with van der Waals surface area (Å²) < 4.78 is 1.99. The average Bonchev–Trinajstić information content (AvgIpc) is 2.65. The van der Waals surface area contributed by atoms with Crippen LogP contribution >= 0.6 is 11.6 Å². The summed E-state index contributed by atoms with van der Waals surface area (Å²) in [5.41, 5.74) is 0. The Bertz CT molecular complexity index is 468. The van der Waals surface area contributed by atoms with E-state index in [9.17, 15) is 0 Å². The fourth-order valence-corrected chi connectivity index (χ4v) is 1.51. The number of hydrogen-bond donors (Lipinski definition) is 1. The van der Waals surface area contributed by atoms with Gasteiger partial charge in [-0.2, -0.15) is 0 Å². The van der Waals surface area contributed by atoms with E-state index in [1.165, 1.54) is 6.20 Å². The monoisotopic (exact) mass is 237 g/mol. The minimum atomic E-state index is 0.391. The smallest absolute Gasteiger partial charge is 0.149 e. The van der Waals surface area contributed by atoms with Crippen molar-refractivity contribution in [2.75, 3.05) is 11.9 Å². The molecule has 0 spiro atoms. The van der Waals surface area contributed by atoms with Gasteiger partial charge in [0, 0.05) is 32.4 Å². The fraction of sp³-hybridized carbons (Fsp3) is 0.300. The van der Waals surface area contributed by atoms with Gasteiger partial charge in [0.1, 0.15) is 16.8 Å². The molecule has 0 aliphatic rings. The Morgan fingerprint density at radius 2 is 2.31 bits per heavy atom. The minimum absolute atomic E-state index is 0.391. The molecule has 0 unspecified atom stereocenters. The SMILES string of the molecule is Cn1ccnc1CCNc1cncc(Cl)n1. The molecule has 2 heterocycles. The number of aryl methyl sites for hydroxylation is 1. The highest BCUT2D eigenvalue weighted by molar-refractivity contribution is 6.29. The zero-order valence-electron chi connectivity index (χ0n) is 8.89. The van der Waals surface area contributed by atoms with Crippen LogP contribution in [0.5, 0.6) is 0 Å². The van der Waals surface area contributed by atoms with E-state index < -0.39 is 0 Å². The Hall–Kier alpha value is -1.62. The predicted octanol–water partition coefficient (Wildman–Crippen LogP) is 1.52. The lowest BCUT2D eigenvalue weighted by molar-refractivity contribution is 0.788. The molecule has 0 radical (unpaired) electrons. The van der Waals surface area contributed by atoms with Gasteiger partial charge >= 0.3 is 0 Å². The van der Waals surface area contributed by atoms with E-state index in [0.29, 0.717) is 11.0 Å². The molecule has 0 aliphatic carbocycles. The van der Waals surface area contributed by atoms with Gasteiger partial charge in [0.15, 0.2) is 0 Å². The van der Waals surface area contributed by atoms with E-state index >= 15 is 0 Å². The quantitative estimate of drug-likeness (QED) is 0.876. The van der Waals surface area contributed by atoms with E-state index in [1.807, 2.05) is 17.8 Å². The summed E-state index contributed by atoms with van der Waals surface area (Å²) in [6, 6.07) is 0. The van der Waals surface area contributed by atoms with Crippen LogP contribution in [0.25, 0.3) is 0 Å². The highest BCUT2D eigenvalue weighted by atomic mass is 35.5. The Morgan fingerprint density at radius 3 is 3.00 bits per heavy atom. The van der Waals surface area contributed by atoms with Crippen LogP contribution in [0.3, 0.4) is 0 Å². The van der Waals surface area contributed by atoms with Gasteiger partial charge in [-0.1, -0.05) is 11.6 Å². The molecule has 0 bridgehead atoms. The van der Waals surface area contributed by atoms with Crippen LogP contribution in [-0.4, -0.2) is 26.1 Å². The van der Waals surface area contributed by atoms with Crippen LogP contribution in [-0.2, 0) is 13.5 Å². The summed E-state index contributed by atoms with van der Waals surface area (Å²) in [4.78, 5) is 12.2. The number of aromatic nitrogens is 4. The lowest BCUT2D eigenvalue weighted by Crippen LogP contribution is -2.09. The molecule has 0 amide bonds. The number of nitrogens with zero attached hydrogens (tertiary/aromatic N) is 4. The number of nitrogens with one attached hydrogen (secondary N) is 1. The van der Waals surface area contributed by atoms with Crippen LogP contribution in [0.1, 0.15) is 5.82 Å². The van der Waals surface area contributed by atoms with Crippen molar-refractivity contribution in [1.29, 1.82) is 0 Å². The van der Waals surface area contributed by atoms with Gasteiger partial charge in [-0.25, -0.2) is 9.97 Å². The summed E-state index contributed by atoms with van der Waals surface area (Å²) in [6.07, 6.45) is 7.69. The van der Waals surface area contributed by atoms with Gasteiger partial charge < -0.3 is 9.88 Å². The maximum Gasteiger partial charge on any atom is 0.149 e. The zero-order valence-corrected chi connectivity index (χ0v) is 9.65. The molecule has 0 fully saturated rings. The van der Waals surface area contributed by atoms with Gasteiger partial charge in [-0.15, -0.1) is 0 Å². The maximum atomic E-state index is 5.72. The summed E-state index contributed by atoms with van der Waals surface area (Å²) in [5, 5.41) is 3.53. The van der Waals surface area contributed by atoms with E-state index in [4.69, 9.17) is 11.6 Å². The Labute approximate surface area is 98.5 Å². The number of halogens is 1. The third-order valence-corrected chi connectivity index (χ3v) is 2.36. The molecule has 1 N–H and O–H groups in total.